The monoisotopic (exact) mass is 386 g/mol. The van der Waals surface area contributed by atoms with E-state index in [0.717, 1.165) is 18.9 Å². The van der Waals surface area contributed by atoms with Crippen molar-refractivity contribution < 1.29 is 24.0 Å². The zero-order chi connectivity index (χ0) is 20.7. The van der Waals surface area contributed by atoms with E-state index in [4.69, 9.17) is 22.3 Å². The average Bonchev–Trinajstić information content (AvgIpc) is 3.13. The van der Waals surface area contributed by atoms with Gasteiger partial charge in [-0.15, -0.1) is 0 Å². The number of rotatable bonds is 7. The largest absolute Gasteiger partial charge is 0.480 e. The Morgan fingerprint density at radius 2 is 1.96 bits per heavy atom. The number of nitro groups is 1. The first-order chi connectivity index (χ1) is 12.8. The predicted molar refractivity (Wildman–Crippen MR) is 100 cm³/mol. The van der Waals surface area contributed by atoms with Crippen LogP contribution in [-0.2, 0) is 4.79 Å². The molecule has 1 aromatic rings. The topological polar surface area (TPSA) is 189 Å². The number of aldehydes is 1. The van der Waals surface area contributed by atoms with Gasteiger partial charge in [0.25, 0.3) is 0 Å². The van der Waals surface area contributed by atoms with Gasteiger partial charge in [0, 0.05) is 6.04 Å². The zero-order valence-electron chi connectivity index (χ0n) is 15.4. The summed E-state index contributed by atoms with van der Waals surface area (Å²) in [7, 11) is 0. The van der Waals surface area contributed by atoms with E-state index in [0.29, 0.717) is 25.3 Å². The lowest BCUT2D eigenvalue weighted by Gasteiger charge is -2.15. The number of carboxylic acid groups (broad SMARTS) is 1. The average molecular weight is 386 g/mol. The summed E-state index contributed by atoms with van der Waals surface area (Å²) in [6.45, 7) is 0.604. The van der Waals surface area contributed by atoms with E-state index in [1.165, 1.54) is 38.2 Å². The highest BCUT2D eigenvalue weighted by molar-refractivity contribution is 5.72. The number of hydrogen-bond donors (Lipinski definition) is 4. The van der Waals surface area contributed by atoms with Crippen molar-refractivity contribution in [3.8, 4) is 0 Å². The summed E-state index contributed by atoms with van der Waals surface area (Å²) >= 11 is 0. The quantitative estimate of drug-likeness (QED) is 0.234. The summed E-state index contributed by atoms with van der Waals surface area (Å²) in [5, 5.41) is 18.3. The van der Waals surface area contributed by atoms with Crippen LogP contribution < -0.4 is 17.2 Å². The van der Waals surface area contributed by atoms with E-state index < -0.39 is 22.8 Å². The Hall–Kier alpha value is -2.30. The fourth-order valence-electron chi connectivity index (χ4n) is 2.27. The van der Waals surface area contributed by atoms with Gasteiger partial charge in [-0.3, -0.25) is 19.7 Å². The molecule has 10 heteroatoms. The van der Waals surface area contributed by atoms with Gasteiger partial charge >= 0.3 is 11.9 Å². The summed E-state index contributed by atoms with van der Waals surface area (Å²) in [5.41, 5.74) is 16.1. The molecule has 27 heavy (non-hydrogen) atoms. The number of nitrogens with two attached hydrogens (primary N) is 3. The molecule has 1 saturated carbocycles. The molecule has 0 saturated heterocycles. The summed E-state index contributed by atoms with van der Waals surface area (Å²) < 4.78 is 4.43. The van der Waals surface area contributed by atoms with Gasteiger partial charge in [-0.25, -0.2) is 0 Å². The van der Waals surface area contributed by atoms with Gasteiger partial charge in [0.05, 0.1) is 6.07 Å². The molecule has 7 N–H and O–H groups in total. The highest BCUT2D eigenvalue weighted by Crippen LogP contribution is 2.15. The number of carbonyl (C=O) groups excluding carboxylic acids is 1. The molecule has 0 amide bonds. The van der Waals surface area contributed by atoms with Crippen LogP contribution in [0, 0.1) is 10.1 Å². The molecule has 0 radical (unpaired) electrons. The minimum absolute atomic E-state index is 0.0355. The molecule has 1 aliphatic carbocycles. The number of aliphatic carboxylic acids is 1. The maximum Gasteiger partial charge on any atom is 0.433 e. The number of nitrogens with zero attached hydrogens (tertiary/aromatic N) is 1. The van der Waals surface area contributed by atoms with Crippen LogP contribution in [0.5, 0.6) is 0 Å². The normalized spacial score (nSPS) is 14.8. The first kappa shape index (κ1) is 24.7. The number of furan rings is 1. The van der Waals surface area contributed by atoms with Gasteiger partial charge in [0.1, 0.15) is 11.0 Å². The molecule has 0 bridgehead atoms. The molecule has 1 aromatic heterocycles. The van der Waals surface area contributed by atoms with Crippen LogP contribution in [0.2, 0.25) is 0 Å². The molecule has 2 rings (SSSR count). The Balaban J connectivity index is 0.000000382. The number of carbonyl (C=O) groups is 2. The van der Waals surface area contributed by atoms with Crippen LogP contribution in [0.25, 0.3) is 0 Å². The Labute approximate surface area is 158 Å². The maximum atomic E-state index is 10.1. The summed E-state index contributed by atoms with van der Waals surface area (Å²) in [4.78, 5) is 29.3. The van der Waals surface area contributed by atoms with Crippen LogP contribution in [0.4, 0.5) is 5.88 Å². The van der Waals surface area contributed by atoms with Crippen LogP contribution >= 0.6 is 0 Å². The Kier molecular flexibility index (Phi) is 13.6. The van der Waals surface area contributed by atoms with Crippen molar-refractivity contribution in [2.75, 3.05) is 6.54 Å². The fraction of sp³-hybridized carbons (Fsp3) is 0.647. The molecule has 10 nitrogen and oxygen atoms in total. The molecular weight excluding hydrogens is 356 g/mol. The van der Waals surface area contributed by atoms with Gasteiger partial charge in [-0.05, 0) is 38.3 Å². The van der Waals surface area contributed by atoms with Crippen LogP contribution in [0.3, 0.4) is 0 Å². The Morgan fingerprint density at radius 3 is 2.30 bits per heavy atom. The molecule has 154 valence electrons. The fourth-order valence-corrected chi connectivity index (χ4v) is 2.27. The standard InChI is InChI=1S/C6H14N2O2.C6H13N.C5H3NO4/c7-4-2-1-3-5(8)6(9)10;7-6-4-2-1-3-5-6;7-3-4-1-2-5(10-4)6(8)9/h5H,1-4,7-8H2,(H,9,10);6H,1-5,7H2;1-3H. The third kappa shape index (κ3) is 12.7. The highest BCUT2D eigenvalue weighted by atomic mass is 16.6. The van der Waals surface area contributed by atoms with Crippen molar-refractivity contribution in [3.05, 3.63) is 28.0 Å². The molecule has 1 aliphatic rings. The first-order valence-corrected chi connectivity index (χ1v) is 8.95. The van der Waals surface area contributed by atoms with E-state index in [1.807, 2.05) is 0 Å². The molecule has 1 unspecified atom stereocenters. The maximum absolute atomic E-state index is 10.1. The van der Waals surface area contributed by atoms with Crippen LogP contribution in [-0.4, -0.2) is 40.9 Å². The minimum Gasteiger partial charge on any atom is -0.480 e. The van der Waals surface area contributed by atoms with Crippen molar-refractivity contribution in [3.63, 3.8) is 0 Å². The summed E-state index contributed by atoms with van der Waals surface area (Å²) in [5.74, 6) is -1.38. The van der Waals surface area contributed by atoms with Crippen LogP contribution in [0.15, 0.2) is 16.5 Å². The minimum atomic E-state index is -0.933. The predicted octanol–water partition coefficient (Wildman–Crippen LogP) is 1.81. The van der Waals surface area contributed by atoms with E-state index in [9.17, 15) is 19.7 Å². The zero-order valence-corrected chi connectivity index (χ0v) is 15.4. The number of carboxylic acids is 1. The lowest BCUT2D eigenvalue weighted by atomic mass is 9.97. The Morgan fingerprint density at radius 1 is 1.33 bits per heavy atom. The molecule has 0 aromatic carbocycles. The van der Waals surface area contributed by atoms with Gasteiger partial charge in [-0.2, -0.15) is 0 Å². The Bertz CT molecular complexity index is 557. The molecular formula is C17H30N4O6. The molecule has 0 aliphatic heterocycles. The third-order valence-corrected chi connectivity index (χ3v) is 3.84. The summed E-state index contributed by atoms with van der Waals surface area (Å²) in [6, 6.07) is 2.19. The number of hydrogen-bond acceptors (Lipinski definition) is 8. The second-order valence-corrected chi connectivity index (χ2v) is 6.18. The molecule has 1 atom stereocenters. The lowest BCUT2D eigenvalue weighted by molar-refractivity contribution is -0.402. The first-order valence-electron chi connectivity index (χ1n) is 8.95. The highest BCUT2D eigenvalue weighted by Gasteiger charge is 2.10. The molecule has 0 spiro atoms. The number of unbranched alkanes of at least 4 members (excludes halogenated alkanes) is 1. The van der Waals surface area contributed by atoms with E-state index >= 15 is 0 Å². The van der Waals surface area contributed by atoms with Crippen molar-refractivity contribution in [2.24, 2.45) is 17.2 Å². The van der Waals surface area contributed by atoms with Gasteiger partial charge in [-0.1, -0.05) is 25.7 Å². The van der Waals surface area contributed by atoms with E-state index in [2.05, 4.69) is 4.42 Å². The molecule has 1 fully saturated rings. The van der Waals surface area contributed by atoms with Crippen molar-refractivity contribution in [2.45, 2.75) is 63.5 Å². The second kappa shape index (κ2) is 14.8. The SMILES string of the molecule is NC1CCCCC1.NCCCCC(N)C(=O)O.O=Cc1ccc([N+](=O)[O-])o1. The van der Waals surface area contributed by atoms with Crippen molar-refractivity contribution >= 4 is 18.1 Å². The smallest absolute Gasteiger partial charge is 0.433 e. The second-order valence-electron chi connectivity index (χ2n) is 6.18. The van der Waals surface area contributed by atoms with Gasteiger partial charge in [0.15, 0.2) is 12.0 Å². The lowest BCUT2D eigenvalue weighted by Crippen LogP contribution is -2.29. The van der Waals surface area contributed by atoms with Crippen LogP contribution in [0.1, 0.15) is 61.9 Å². The van der Waals surface area contributed by atoms with Gasteiger partial charge < -0.3 is 26.7 Å². The van der Waals surface area contributed by atoms with Gasteiger partial charge in [0.2, 0.25) is 0 Å². The van der Waals surface area contributed by atoms with E-state index in [1.54, 1.807) is 0 Å². The van der Waals surface area contributed by atoms with Crippen molar-refractivity contribution in [1.29, 1.82) is 0 Å². The third-order valence-electron chi connectivity index (χ3n) is 3.84. The van der Waals surface area contributed by atoms with E-state index in [-0.39, 0.29) is 5.76 Å². The molecule has 1 heterocycles. The summed E-state index contributed by atoms with van der Waals surface area (Å²) in [6.07, 6.45) is 9.24. The van der Waals surface area contributed by atoms with Crippen molar-refractivity contribution in [1.82, 2.24) is 0 Å².